The molecule has 0 atom stereocenters. The largest absolute Gasteiger partial charge is 0.134 e. The highest BCUT2D eigenvalue weighted by Gasteiger charge is 2.18. The van der Waals surface area contributed by atoms with Gasteiger partial charge in [0.05, 0.1) is 0 Å². The Hall–Kier alpha value is -6.32. The third-order valence-corrected chi connectivity index (χ3v) is 13.8. The van der Waals surface area contributed by atoms with Crippen molar-refractivity contribution in [2.45, 2.75) is 0 Å². The first-order chi connectivity index (χ1) is 26.8. The normalized spacial score (nSPS) is 12.1. The molecule has 10 aromatic carbocycles. The summed E-state index contributed by atoms with van der Waals surface area (Å²) in [6.45, 7) is 0. The Morgan fingerprint density at radius 2 is 0.741 bits per heavy atom. The van der Waals surface area contributed by atoms with E-state index in [1.54, 1.807) is 0 Å². The molecule has 12 rings (SSSR count). The van der Waals surface area contributed by atoms with Gasteiger partial charge in [-0.1, -0.05) is 158 Å². The molecule has 0 nitrogen and oxygen atoms in total. The summed E-state index contributed by atoms with van der Waals surface area (Å²) in [5, 5.41) is 15.7. The zero-order chi connectivity index (χ0) is 35.3. The third-order valence-electron chi connectivity index (χ3n) is 11.4. The zero-order valence-corrected chi connectivity index (χ0v) is 30.8. The highest BCUT2D eigenvalue weighted by atomic mass is 32.1. The molecule has 250 valence electrons. The molecule has 0 N–H and O–H groups in total. The molecule has 2 heteroatoms. The van der Waals surface area contributed by atoms with Gasteiger partial charge in [-0.25, -0.2) is 0 Å². The molecule has 0 aliphatic heterocycles. The number of hydrogen-bond acceptors (Lipinski definition) is 2. The van der Waals surface area contributed by atoms with Gasteiger partial charge in [0.1, 0.15) is 0 Å². The second kappa shape index (κ2) is 11.6. The highest BCUT2D eigenvalue weighted by Crippen LogP contribution is 2.47. The lowest BCUT2D eigenvalue weighted by atomic mass is 9.85. The van der Waals surface area contributed by atoms with Crippen LogP contribution in [0.15, 0.2) is 182 Å². The van der Waals surface area contributed by atoms with Gasteiger partial charge in [-0.2, -0.15) is 0 Å². The summed E-state index contributed by atoms with van der Waals surface area (Å²) < 4.78 is 5.46. The predicted octanol–water partition coefficient (Wildman–Crippen LogP) is 16.0. The van der Waals surface area contributed by atoms with E-state index in [-0.39, 0.29) is 0 Å². The van der Waals surface area contributed by atoms with Crippen LogP contribution in [0.2, 0.25) is 0 Å². The van der Waals surface area contributed by atoms with E-state index in [1.165, 1.54) is 117 Å². The highest BCUT2D eigenvalue weighted by molar-refractivity contribution is 7.29. The minimum Gasteiger partial charge on any atom is -0.134 e. The summed E-state index contributed by atoms with van der Waals surface area (Å²) in [5.74, 6) is 0. The standard InChI is InChI=1S/C52H30S2/c1-2-11-33-28-37(21-20-31(33)10-1)49-42-17-5-3-15-40(42)48(41-16-4-6-18-43(41)49)36-13-9-12-34(29-36)35-24-25-39-45-27-23-32-22-26-44-38-14-7-8-19-46(38)53-51(44)50(32)52(45)54-47(39)30-35/h1-30H. The van der Waals surface area contributed by atoms with Crippen LogP contribution in [0.1, 0.15) is 0 Å². The second-order valence-electron chi connectivity index (χ2n) is 14.4. The van der Waals surface area contributed by atoms with Crippen LogP contribution in [0.3, 0.4) is 0 Å². The van der Waals surface area contributed by atoms with E-state index < -0.39 is 0 Å². The smallest absolute Gasteiger partial charge is 0.0448 e. The molecule has 0 radical (unpaired) electrons. The van der Waals surface area contributed by atoms with Crippen LogP contribution in [0.5, 0.6) is 0 Å². The van der Waals surface area contributed by atoms with Crippen LogP contribution in [0.4, 0.5) is 0 Å². The summed E-state index contributed by atoms with van der Waals surface area (Å²) in [6.07, 6.45) is 0. The maximum atomic E-state index is 2.41. The Kier molecular flexibility index (Phi) is 6.48. The number of benzene rings is 10. The van der Waals surface area contributed by atoms with Crippen molar-refractivity contribution in [1.82, 2.24) is 0 Å². The van der Waals surface area contributed by atoms with E-state index in [9.17, 15) is 0 Å². The molecule has 0 fully saturated rings. The van der Waals surface area contributed by atoms with Gasteiger partial charge < -0.3 is 0 Å². The quantitative estimate of drug-likeness (QED) is 0.160. The summed E-state index contributed by atoms with van der Waals surface area (Å²) in [4.78, 5) is 0. The van der Waals surface area contributed by atoms with Gasteiger partial charge in [-0.05, 0) is 95.3 Å². The van der Waals surface area contributed by atoms with E-state index in [1.807, 2.05) is 22.7 Å². The van der Waals surface area contributed by atoms with E-state index in [2.05, 4.69) is 182 Å². The summed E-state index contributed by atoms with van der Waals surface area (Å²) in [7, 11) is 0. The van der Waals surface area contributed by atoms with E-state index in [4.69, 9.17) is 0 Å². The van der Waals surface area contributed by atoms with Gasteiger partial charge in [-0.15, -0.1) is 22.7 Å². The Balaban J connectivity index is 1.04. The maximum Gasteiger partial charge on any atom is 0.0448 e. The predicted molar refractivity (Wildman–Crippen MR) is 239 cm³/mol. The summed E-state index contributed by atoms with van der Waals surface area (Å²) >= 11 is 3.86. The van der Waals surface area contributed by atoms with Crippen LogP contribution in [-0.4, -0.2) is 0 Å². The van der Waals surface area contributed by atoms with Gasteiger partial charge in [0.2, 0.25) is 0 Å². The number of rotatable bonds is 3. The van der Waals surface area contributed by atoms with Crippen LogP contribution in [0.25, 0.3) is 117 Å². The first-order valence-electron chi connectivity index (χ1n) is 18.5. The molecule has 0 aliphatic rings. The minimum absolute atomic E-state index is 1.23. The van der Waals surface area contributed by atoms with Crippen LogP contribution >= 0.6 is 22.7 Å². The third kappa shape index (κ3) is 4.42. The number of thiophene rings is 2. The summed E-state index contributed by atoms with van der Waals surface area (Å²) in [6, 6.07) is 67.8. The van der Waals surface area contributed by atoms with Crippen LogP contribution in [0, 0.1) is 0 Å². The number of fused-ring (bicyclic) bond motifs is 12. The average Bonchev–Trinajstić information content (AvgIpc) is 3.81. The van der Waals surface area contributed by atoms with Gasteiger partial charge in [0.15, 0.2) is 0 Å². The van der Waals surface area contributed by atoms with Gasteiger partial charge >= 0.3 is 0 Å². The van der Waals surface area contributed by atoms with Crippen molar-refractivity contribution in [2.75, 3.05) is 0 Å². The zero-order valence-electron chi connectivity index (χ0n) is 29.1. The second-order valence-corrected chi connectivity index (χ2v) is 16.5. The Morgan fingerprint density at radius 1 is 0.259 bits per heavy atom. The molecule has 0 saturated carbocycles. The molecule has 2 aromatic heterocycles. The van der Waals surface area contributed by atoms with Crippen molar-refractivity contribution in [2.24, 2.45) is 0 Å². The van der Waals surface area contributed by atoms with Gasteiger partial charge in [-0.3, -0.25) is 0 Å². The molecule has 0 spiro atoms. The van der Waals surface area contributed by atoms with E-state index in [0.717, 1.165) is 0 Å². The Labute approximate surface area is 319 Å². The number of hydrogen-bond donors (Lipinski definition) is 0. The topological polar surface area (TPSA) is 0 Å². The van der Waals surface area contributed by atoms with Gasteiger partial charge in [0.25, 0.3) is 0 Å². The van der Waals surface area contributed by atoms with Crippen LogP contribution in [-0.2, 0) is 0 Å². The average molecular weight is 719 g/mol. The summed E-state index contributed by atoms with van der Waals surface area (Å²) in [5.41, 5.74) is 7.54. The fraction of sp³-hybridized carbons (Fsp3) is 0. The molecular weight excluding hydrogens is 689 g/mol. The lowest BCUT2D eigenvalue weighted by molar-refractivity contribution is 1.63. The molecule has 54 heavy (non-hydrogen) atoms. The first-order valence-corrected chi connectivity index (χ1v) is 20.1. The monoisotopic (exact) mass is 718 g/mol. The molecule has 12 aromatic rings. The molecule has 0 bridgehead atoms. The SMILES string of the molecule is c1cc(-c2ccc3c(c2)sc2c3ccc3ccc4c5ccccc5sc4c32)cc(-c2c3ccccc3c(-c3ccc4ccccc4c3)c3ccccc23)c1. The van der Waals surface area contributed by atoms with Crippen molar-refractivity contribution in [3.05, 3.63) is 182 Å². The maximum absolute atomic E-state index is 2.41. The first kappa shape index (κ1) is 30.2. The lowest BCUT2D eigenvalue weighted by Crippen LogP contribution is -1.91. The Morgan fingerprint density at radius 3 is 1.44 bits per heavy atom. The van der Waals surface area contributed by atoms with Crippen molar-refractivity contribution >= 4 is 106 Å². The van der Waals surface area contributed by atoms with Crippen LogP contribution < -0.4 is 0 Å². The fourth-order valence-corrected chi connectivity index (χ4v) is 11.6. The minimum atomic E-state index is 1.23. The van der Waals surface area contributed by atoms with E-state index >= 15 is 0 Å². The van der Waals surface area contributed by atoms with Crippen molar-refractivity contribution in [1.29, 1.82) is 0 Å². The Bertz CT molecular complexity index is 3450. The molecule has 0 aliphatic carbocycles. The molecule has 2 heterocycles. The molecule has 0 amide bonds. The molecular formula is C52H30S2. The fourth-order valence-electron chi connectivity index (χ4n) is 8.95. The van der Waals surface area contributed by atoms with Crippen molar-refractivity contribution < 1.29 is 0 Å². The molecule has 0 saturated heterocycles. The lowest BCUT2D eigenvalue weighted by Gasteiger charge is -2.18. The molecule has 0 unspecified atom stereocenters. The van der Waals surface area contributed by atoms with Crippen molar-refractivity contribution in [3.63, 3.8) is 0 Å². The van der Waals surface area contributed by atoms with E-state index in [0.29, 0.717) is 0 Å². The van der Waals surface area contributed by atoms with Gasteiger partial charge in [0, 0.05) is 45.7 Å². The van der Waals surface area contributed by atoms with Crippen molar-refractivity contribution in [3.8, 4) is 33.4 Å².